The predicted octanol–water partition coefficient (Wildman–Crippen LogP) is 3.89. The highest BCUT2D eigenvalue weighted by molar-refractivity contribution is 5.52. The van der Waals surface area contributed by atoms with E-state index in [1.165, 1.54) is 0 Å². The Balaban J connectivity index is 2.25. The minimum Gasteiger partial charge on any atom is -0.497 e. The lowest BCUT2D eigenvalue weighted by Crippen LogP contribution is -2.10. The van der Waals surface area contributed by atoms with Crippen LogP contribution < -0.4 is 14.8 Å². The van der Waals surface area contributed by atoms with Crippen LogP contribution in [0.15, 0.2) is 30.3 Å². The largest absolute Gasteiger partial charge is 0.497 e. The zero-order valence-corrected chi connectivity index (χ0v) is 13.2. The minimum absolute atomic E-state index is 0.106. The van der Waals surface area contributed by atoms with Gasteiger partial charge in [0.05, 0.1) is 31.6 Å². The van der Waals surface area contributed by atoms with E-state index in [-0.39, 0.29) is 6.04 Å². The summed E-state index contributed by atoms with van der Waals surface area (Å²) in [7, 11) is 3.32. The highest BCUT2D eigenvalue weighted by Gasteiger charge is 2.13. The van der Waals surface area contributed by atoms with Crippen LogP contribution in [-0.2, 0) is 0 Å². The maximum atomic E-state index is 5.46. The molecule has 0 aliphatic heterocycles. The van der Waals surface area contributed by atoms with Gasteiger partial charge < -0.3 is 14.8 Å². The molecule has 0 radical (unpaired) electrons. The Morgan fingerprint density at radius 2 is 1.81 bits per heavy atom. The topological polar surface area (TPSA) is 43.4 Å². The third-order valence-electron chi connectivity index (χ3n) is 3.50. The minimum atomic E-state index is 0.106. The first-order valence-corrected chi connectivity index (χ1v) is 6.98. The van der Waals surface area contributed by atoms with E-state index in [1.54, 1.807) is 14.2 Å². The van der Waals surface area contributed by atoms with Gasteiger partial charge in [0.2, 0.25) is 0 Å². The predicted molar refractivity (Wildman–Crippen MR) is 85.3 cm³/mol. The van der Waals surface area contributed by atoms with Crippen LogP contribution in [-0.4, -0.2) is 19.2 Å². The molecule has 1 atom stereocenters. The van der Waals surface area contributed by atoms with Crippen molar-refractivity contribution in [3.05, 3.63) is 47.3 Å². The molecule has 1 N–H and O–H groups in total. The molecular formula is C17H22N2O2. The number of rotatable bonds is 5. The summed E-state index contributed by atoms with van der Waals surface area (Å²) in [6.45, 7) is 6.10. The Morgan fingerprint density at radius 1 is 1.05 bits per heavy atom. The van der Waals surface area contributed by atoms with Gasteiger partial charge in [-0.1, -0.05) is 0 Å². The summed E-state index contributed by atoms with van der Waals surface area (Å²) < 4.78 is 10.7. The molecule has 0 amide bonds. The quantitative estimate of drug-likeness (QED) is 0.905. The molecule has 1 aromatic heterocycles. The third-order valence-corrected chi connectivity index (χ3v) is 3.50. The van der Waals surface area contributed by atoms with Gasteiger partial charge in [0.15, 0.2) is 0 Å². The van der Waals surface area contributed by atoms with Crippen molar-refractivity contribution in [3.63, 3.8) is 0 Å². The van der Waals surface area contributed by atoms with Crippen molar-refractivity contribution in [2.45, 2.75) is 26.8 Å². The summed E-state index contributed by atoms with van der Waals surface area (Å²) in [6, 6.07) is 10.0. The first-order valence-electron chi connectivity index (χ1n) is 6.98. The van der Waals surface area contributed by atoms with Crippen molar-refractivity contribution in [2.75, 3.05) is 19.5 Å². The second kappa shape index (κ2) is 6.48. The van der Waals surface area contributed by atoms with E-state index in [9.17, 15) is 0 Å². The molecule has 0 saturated carbocycles. The van der Waals surface area contributed by atoms with Crippen molar-refractivity contribution in [1.29, 1.82) is 0 Å². The Labute approximate surface area is 126 Å². The van der Waals surface area contributed by atoms with E-state index >= 15 is 0 Å². The third kappa shape index (κ3) is 3.45. The van der Waals surface area contributed by atoms with Crippen molar-refractivity contribution >= 4 is 5.69 Å². The first kappa shape index (κ1) is 15.2. The fraction of sp³-hybridized carbons (Fsp3) is 0.353. The number of hydrogen-bond acceptors (Lipinski definition) is 4. The number of pyridine rings is 1. The number of aryl methyl sites for hydroxylation is 2. The molecule has 0 aliphatic rings. The second-order valence-corrected chi connectivity index (χ2v) is 5.06. The number of hydrogen-bond donors (Lipinski definition) is 1. The molecule has 2 aromatic rings. The van der Waals surface area contributed by atoms with Crippen LogP contribution >= 0.6 is 0 Å². The number of benzene rings is 1. The molecule has 1 unspecified atom stereocenters. The molecule has 4 nitrogen and oxygen atoms in total. The Bertz CT molecular complexity index is 626. The summed E-state index contributed by atoms with van der Waals surface area (Å²) in [5.41, 5.74) is 4.13. The van der Waals surface area contributed by atoms with Crippen molar-refractivity contribution in [2.24, 2.45) is 0 Å². The molecule has 0 spiro atoms. The zero-order chi connectivity index (χ0) is 15.4. The van der Waals surface area contributed by atoms with E-state index in [1.807, 2.05) is 38.1 Å². The van der Waals surface area contributed by atoms with Gasteiger partial charge in [-0.15, -0.1) is 0 Å². The van der Waals surface area contributed by atoms with Crippen LogP contribution in [0.4, 0.5) is 5.69 Å². The number of anilines is 1. The summed E-state index contributed by atoms with van der Waals surface area (Å²) in [6.07, 6.45) is 0. The fourth-order valence-corrected chi connectivity index (χ4v) is 2.33. The molecule has 21 heavy (non-hydrogen) atoms. The Morgan fingerprint density at radius 3 is 2.43 bits per heavy atom. The van der Waals surface area contributed by atoms with Crippen LogP contribution in [0.1, 0.15) is 29.9 Å². The second-order valence-electron chi connectivity index (χ2n) is 5.06. The monoisotopic (exact) mass is 286 g/mol. The summed E-state index contributed by atoms with van der Waals surface area (Å²) >= 11 is 0. The highest BCUT2D eigenvalue weighted by atomic mass is 16.5. The molecule has 0 aliphatic carbocycles. The summed E-state index contributed by atoms with van der Waals surface area (Å²) in [5.74, 6) is 1.60. The van der Waals surface area contributed by atoms with Crippen LogP contribution in [0, 0.1) is 13.8 Å². The van der Waals surface area contributed by atoms with Gasteiger partial charge in [0.25, 0.3) is 0 Å². The van der Waals surface area contributed by atoms with Crippen LogP contribution in [0.3, 0.4) is 0 Å². The molecular weight excluding hydrogens is 264 g/mol. The summed E-state index contributed by atoms with van der Waals surface area (Å²) in [5, 5.41) is 3.48. The maximum absolute atomic E-state index is 5.46. The standard InChI is InChI=1S/C17H22N2O2/c1-11-6-9-16(13(3)18-11)19-12(2)15-8-7-14(20-4)10-17(15)21-5/h6-10,12,19H,1-5H3. The zero-order valence-electron chi connectivity index (χ0n) is 13.2. The molecule has 1 aromatic carbocycles. The first-order chi connectivity index (χ1) is 10.0. The van der Waals surface area contributed by atoms with Gasteiger partial charge in [-0.3, -0.25) is 4.98 Å². The average molecular weight is 286 g/mol. The van der Waals surface area contributed by atoms with Gasteiger partial charge in [0.1, 0.15) is 11.5 Å². The summed E-state index contributed by atoms with van der Waals surface area (Å²) in [4.78, 5) is 4.48. The molecule has 2 rings (SSSR count). The lowest BCUT2D eigenvalue weighted by molar-refractivity contribution is 0.390. The van der Waals surface area contributed by atoms with Crippen molar-refractivity contribution in [3.8, 4) is 11.5 Å². The van der Waals surface area contributed by atoms with Gasteiger partial charge in [-0.05, 0) is 45.0 Å². The van der Waals surface area contributed by atoms with Gasteiger partial charge in [-0.25, -0.2) is 0 Å². The van der Waals surface area contributed by atoms with E-state index in [0.29, 0.717) is 0 Å². The van der Waals surface area contributed by atoms with E-state index in [0.717, 1.165) is 34.1 Å². The average Bonchev–Trinajstić information content (AvgIpc) is 2.49. The van der Waals surface area contributed by atoms with Crippen LogP contribution in [0.5, 0.6) is 11.5 Å². The van der Waals surface area contributed by atoms with E-state index in [2.05, 4.69) is 23.3 Å². The highest BCUT2D eigenvalue weighted by Crippen LogP contribution is 2.31. The normalized spacial score (nSPS) is 11.9. The van der Waals surface area contributed by atoms with Gasteiger partial charge in [-0.2, -0.15) is 0 Å². The molecule has 0 saturated heterocycles. The Kier molecular flexibility index (Phi) is 4.68. The van der Waals surface area contributed by atoms with Crippen molar-refractivity contribution in [1.82, 2.24) is 4.98 Å². The number of nitrogens with zero attached hydrogens (tertiary/aromatic N) is 1. The molecule has 112 valence electrons. The maximum Gasteiger partial charge on any atom is 0.127 e. The van der Waals surface area contributed by atoms with E-state index in [4.69, 9.17) is 9.47 Å². The molecule has 0 fully saturated rings. The lowest BCUT2D eigenvalue weighted by atomic mass is 10.1. The van der Waals surface area contributed by atoms with Gasteiger partial charge in [0, 0.05) is 17.3 Å². The number of nitrogens with one attached hydrogen (secondary N) is 1. The fourth-order valence-electron chi connectivity index (χ4n) is 2.33. The Hall–Kier alpha value is -2.23. The lowest BCUT2D eigenvalue weighted by Gasteiger charge is -2.20. The molecule has 0 bridgehead atoms. The number of aromatic nitrogens is 1. The smallest absolute Gasteiger partial charge is 0.127 e. The van der Waals surface area contributed by atoms with Crippen LogP contribution in [0.2, 0.25) is 0 Å². The molecule has 4 heteroatoms. The SMILES string of the molecule is COc1ccc(C(C)Nc2ccc(C)nc2C)c(OC)c1. The van der Waals surface area contributed by atoms with Crippen LogP contribution in [0.25, 0.3) is 0 Å². The number of methoxy groups -OCH3 is 2. The van der Waals surface area contributed by atoms with Gasteiger partial charge >= 0.3 is 0 Å². The van der Waals surface area contributed by atoms with Crippen molar-refractivity contribution < 1.29 is 9.47 Å². The number of ether oxygens (including phenoxy) is 2. The molecule has 1 heterocycles. The van der Waals surface area contributed by atoms with E-state index < -0.39 is 0 Å².